The van der Waals surface area contributed by atoms with Gasteiger partial charge in [-0.2, -0.15) is 0 Å². The van der Waals surface area contributed by atoms with Gasteiger partial charge in [-0.25, -0.2) is 0 Å². The van der Waals surface area contributed by atoms with E-state index in [-0.39, 0.29) is 5.78 Å². The molecule has 0 saturated heterocycles. The number of rotatable bonds is 3. The quantitative estimate of drug-likeness (QED) is 0.729. The molecule has 20 heavy (non-hydrogen) atoms. The number of carbonyl (C=O) groups excluding carboxylic acids is 1. The predicted octanol–water partition coefficient (Wildman–Crippen LogP) is 4.96. The first-order valence-corrected chi connectivity index (χ1v) is 7.27. The maximum absolute atomic E-state index is 12.8. The monoisotopic (exact) mass is 352 g/mol. The van der Waals surface area contributed by atoms with E-state index in [0.29, 0.717) is 21.9 Å². The zero-order chi connectivity index (χ0) is 14.9. The van der Waals surface area contributed by atoms with Gasteiger partial charge < -0.3 is 4.74 Å². The fourth-order valence-electron chi connectivity index (χ4n) is 2.17. The molecule has 2 nitrogen and oxygen atoms in total. The van der Waals surface area contributed by atoms with Crippen LogP contribution in [-0.4, -0.2) is 12.9 Å². The predicted molar refractivity (Wildman–Crippen MR) is 85.1 cm³/mol. The molecule has 0 saturated carbocycles. The summed E-state index contributed by atoms with van der Waals surface area (Å²) >= 11 is 9.60. The molecule has 104 valence electrons. The molecule has 0 amide bonds. The molecular weight excluding hydrogens is 340 g/mol. The van der Waals surface area contributed by atoms with E-state index in [4.69, 9.17) is 16.3 Å². The Balaban J connectivity index is 2.69. The number of hydrogen-bond acceptors (Lipinski definition) is 2. The fraction of sp³-hybridized carbons (Fsp3) is 0.188. The van der Waals surface area contributed by atoms with Crippen LogP contribution in [0.2, 0.25) is 5.02 Å². The van der Waals surface area contributed by atoms with Gasteiger partial charge in [-0.15, -0.1) is 0 Å². The van der Waals surface area contributed by atoms with Crippen LogP contribution in [0.1, 0.15) is 27.0 Å². The summed E-state index contributed by atoms with van der Waals surface area (Å²) in [6, 6.07) is 8.97. The van der Waals surface area contributed by atoms with Gasteiger partial charge in [0, 0.05) is 10.0 Å². The number of benzene rings is 2. The molecule has 2 aromatic rings. The Morgan fingerprint density at radius 1 is 1.25 bits per heavy atom. The molecule has 2 aromatic carbocycles. The Kier molecular flexibility index (Phi) is 4.51. The van der Waals surface area contributed by atoms with Gasteiger partial charge in [0.05, 0.1) is 17.7 Å². The van der Waals surface area contributed by atoms with Gasteiger partial charge in [-0.05, 0) is 43.2 Å². The number of hydrogen-bond donors (Lipinski definition) is 0. The van der Waals surface area contributed by atoms with Gasteiger partial charge in [-0.3, -0.25) is 4.79 Å². The lowest BCUT2D eigenvalue weighted by Crippen LogP contribution is -2.08. The Hall–Kier alpha value is -1.32. The number of methoxy groups -OCH3 is 1. The minimum absolute atomic E-state index is 0.130. The van der Waals surface area contributed by atoms with Crippen molar-refractivity contribution in [2.45, 2.75) is 13.8 Å². The molecule has 0 radical (unpaired) electrons. The molecule has 0 unspecified atom stereocenters. The molecule has 0 aliphatic rings. The summed E-state index contributed by atoms with van der Waals surface area (Å²) in [5.74, 6) is 0.463. The van der Waals surface area contributed by atoms with Gasteiger partial charge in [0.2, 0.25) is 0 Å². The summed E-state index contributed by atoms with van der Waals surface area (Å²) in [4.78, 5) is 12.8. The lowest BCUT2D eigenvalue weighted by atomic mass is 9.96. The van der Waals surface area contributed by atoms with Crippen LogP contribution in [0.3, 0.4) is 0 Å². The molecule has 0 atom stereocenters. The average molecular weight is 354 g/mol. The fourth-order valence-corrected chi connectivity index (χ4v) is 2.93. The van der Waals surface area contributed by atoms with Crippen molar-refractivity contribution in [2.24, 2.45) is 0 Å². The number of ketones is 1. The van der Waals surface area contributed by atoms with Crippen molar-refractivity contribution >= 4 is 33.3 Å². The lowest BCUT2D eigenvalue weighted by Gasteiger charge is -2.15. The Morgan fingerprint density at radius 2 is 1.90 bits per heavy atom. The molecule has 0 aliphatic carbocycles. The van der Waals surface area contributed by atoms with Crippen LogP contribution in [-0.2, 0) is 0 Å². The van der Waals surface area contributed by atoms with Crippen LogP contribution >= 0.6 is 27.5 Å². The van der Waals surface area contributed by atoms with Gasteiger partial charge in [0.25, 0.3) is 0 Å². The first kappa shape index (κ1) is 15.1. The maximum Gasteiger partial charge on any atom is 0.198 e. The van der Waals surface area contributed by atoms with Crippen molar-refractivity contribution < 1.29 is 9.53 Å². The molecule has 0 fully saturated rings. The standard InChI is InChI=1S/C16H14BrClO2/c1-9-8-12(17)10(2)14(16(9)20-3)15(19)11-6-4-5-7-13(11)18/h4-8H,1-3H3. The average Bonchev–Trinajstić information content (AvgIpc) is 2.42. The topological polar surface area (TPSA) is 26.3 Å². The molecule has 0 aromatic heterocycles. The normalized spacial score (nSPS) is 10.4. The first-order valence-electron chi connectivity index (χ1n) is 6.10. The highest BCUT2D eigenvalue weighted by Gasteiger charge is 2.22. The Morgan fingerprint density at radius 3 is 2.50 bits per heavy atom. The smallest absolute Gasteiger partial charge is 0.198 e. The SMILES string of the molecule is COc1c(C)cc(Br)c(C)c1C(=O)c1ccccc1Cl. The van der Waals surface area contributed by atoms with E-state index < -0.39 is 0 Å². The van der Waals surface area contributed by atoms with Gasteiger partial charge in [0.15, 0.2) is 5.78 Å². The zero-order valence-corrected chi connectivity index (χ0v) is 13.8. The summed E-state index contributed by atoms with van der Waals surface area (Å²) in [6.07, 6.45) is 0. The molecule has 0 spiro atoms. The zero-order valence-electron chi connectivity index (χ0n) is 11.5. The molecule has 4 heteroatoms. The highest BCUT2D eigenvalue weighted by Crippen LogP contribution is 2.34. The van der Waals surface area contributed by atoms with Crippen molar-refractivity contribution in [1.29, 1.82) is 0 Å². The van der Waals surface area contributed by atoms with Crippen LogP contribution in [0.25, 0.3) is 0 Å². The number of halogens is 2. The minimum Gasteiger partial charge on any atom is -0.496 e. The van der Waals surface area contributed by atoms with E-state index in [0.717, 1.165) is 15.6 Å². The third-order valence-corrected chi connectivity index (χ3v) is 4.36. The summed E-state index contributed by atoms with van der Waals surface area (Å²) in [5.41, 5.74) is 2.78. The third-order valence-electron chi connectivity index (χ3n) is 3.21. The molecule has 2 rings (SSSR count). The van der Waals surface area contributed by atoms with E-state index in [1.54, 1.807) is 31.4 Å². The molecule has 0 N–H and O–H groups in total. The molecule has 0 heterocycles. The third kappa shape index (κ3) is 2.60. The Bertz CT molecular complexity index is 680. The van der Waals surface area contributed by atoms with Crippen molar-refractivity contribution in [3.63, 3.8) is 0 Å². The van der Waals surface area contributed by atoms with Crippen LogP contribution < -0.4 is 4.74 Å². The van der Waals surface area contributed by atoms with E-state index in [2.05, 4.69) is 15.9 Å². The first-order chi connectivity index (χ1) is 9.47. The van der Waals surface area contributed by atoms with E-state index >= 15 is 0 Å². The number of ether oxygens (including phenoxy) is 1. The van der Waals surface area contributed by atoms with Gasteiger partial charge in [0.1, 0.15) is 5.75 Å². The highest BCUT2D eigenvalue weighted by molar-refractivity contribution is 9.10. The van der Waals surface area contributed by atoms with Crippen LogP contribution in [0.5, 0.6) is 5.75 Å². The summed E-state index contributed by atoms with van der Waals surface area (Å²) in [7, 11) is 1.57. The second-order valence-corrected chi connectivity index (χ2v) is 5.78. The highest BCUT2D eigenvalue weighted by atomic mass is 79.9. The molecule has 0 aliphatic heterocycles. The number of carbonyl (C=O) groups is 1. The van der Waals surface area contributed by atoms with Gasteiger partial charge >= 0.3 is 0 Å². The second-order valence-electron chi connectivity index (χ2n) is 4.52. The van der Waals surface area contributed by atoms with Crippen molar-refractivity contribution in [2.75, 3.05) is 7.11 Å². The van der Waals surface area contributed by atoms with Crippen molar-refractivity contribution in [1.82, 2.24) is 0 Å². The summed E-state index contributed by atoms with van der Waals surface area (Å²) in [5, 5.41) is 0.441. The van der Waals surface area contributed by atoms with Crippen LogP contribution in [0.4, 0.5) is 0 Å². The minimum atomic E-state index is -0.130. The van der Waals surface area contributed by atoms with E-state index in [1.165, 1.54) is 0 Å². The molecular formula is C16H14BrClO2. The van der Waals surface area contributed by atoms with E-state index in [9.17, 15) is 4.79 Å². The largest absolute Gasteiger partial charge is 0.496 e. The summed E-state index contributed by atoms with van der Waals surface area (Å²) < 4.78 is 6.29. The summed E-state index contributed by atoms with van der Waals surface area (Å²) in [6.45, 7) is 3.79. The van der Waals surface area contributed by atoms with Crippen molar-refractivity contribution in [3.05, 3.63) is 62.1 Å². The Labute approximate surface area is 131 Å². The molecule has 0 bridgehead atoms. The van der Waals surface area contributed by atoms with Crippen LogP contribution in [0.15, 0.2) is 34.8 Å². The van der Waals surface area contributed by atoms with E-state index in [1.807, 2.05) is 19.9 Å². The lowest BCUT2D eigenvalue weighted by molar-refractivity contribution is 0.103. The number of aryl methyl sites for hydroxylation is 1. The van der Waals surface area contributed by atoms with Gasteiger partial charge in [-0.1, -0.05) is 39.7 Å². The maximum atomic E-state index is 12.8. The van der Waals surface area contributed by atoms with Crippen molar-refractivity contribution in [3.8, 4) is 5.75 Å². The van der Waals surface area contributed by atoms with Crippen LogP contribution in [0, 0.1) is 13.8 Å². The second kappa shape index (κ2) is 5.98.